The molecule has 1 heterocycles. The molecule has 0 aliphatic heterocycles. The van der Waals surface area contributed by atoms with Gasteiger partial charge in [0.25, 0.3) is 0 Å². The van der Waals surface area contributed by atoms with Crippen LogP contribution in [0.1, 0.15) is 20.3 Å². The van der Waals surface area contributed by atoms with Gasteiger partial charge in [-0.3, -0.25) is 4.79 Å². The van der Waals surface area contributed by atoms with Crippen LogP contribution >= 0.6 is 0 Å². The Morgan fingerprint density at radius 3 is 2.52 bits per heavy atom. The third-order valence-electron chi connectivity index (χ3n) is 2.94. The van der Waals surface area contributed by atoms with E-state index in [1.165, 1.54) is 13.3 Å². The summed E-state index contributed by atoms with van der Waals surface area (Å²) in [6.45, 7) is 5.51. The van der Waals surface area contributed by atoms with Gasteiger partial charge in [-0.15, -0.1) is 0 Å². The molecular formula is C14H22N4O3. The molecule has 21 heavy (non-hydrogen) atoms. The normalized spacial score (nSPS) is 9.86. The Hall–Kier alpha value is -2.31. The summed E-state index contributed by atoms with van der Waals surface area (Å²) in [5, 5.41) is 5.27. The molecule has 116 valence electrons. The summed E-state index contributed by atoms with van der Waals surface area (Å²) in [6, 6.07) is 2.97. The molecule has 0 unspecified atom stereocenters. The molecule has 3 amide bonds. The number of pyridine rings is 1. The summed E-state index contributed by atoms with van der Waals surface area (Å²) >= 11 is 0. The molecule has 1 aromatic heterocycles. The molecule has 0 bridgehead atoms. The molecule has 1 aromatic rings. The summed E-state index contributed by atoms with van der Waals surface area (Å²) in [7, 11) is 1.52. The number of ether oxygens (including phenoxy) is 1. The van der Waals surface area contributed by atoms with Crippen molar-refractivity contribution in [2.45, 2.75) is 20.3 Å². The van der Waals surface area contributed by atoms with Gasteiger partial charge in [0, 0.05) is 32.1 Å². The van der Waals surface area contributed by atoms with Crippen molar-refractivity contribution in [3.05, 3.63) is 18.3 Å². The Balaban J connectivity index is 2.32. The largest absolute Gasteiger partial charge is 0.481 e. The molecule has 1 rings (SSSR count). The number of nitrogens with one attached hydrogen (secondary N) is 2. The van der Waals surface area contributed by atoms with Gasteiger partial charge in [-0.1, -0.05) is 0 Å². The molecule has 0 atom stereocenters. The fourth-order valence-electron chi connectivity index (χ4n) is 1.77. The highest BCUT2D eigenvalue weighted by molar-refractivity contribution is 5.89. The third-order valence-corrected chi connectivity index (χ3v) is 2.94. The van der Waals surface area contributed by atoms with Crippen molar-refractivity contribution in [1.82, 2.24) is 15.2 Å². The van der Waals surface area contributed by atoms with E-state index in [0.717, 1.165) is 0 Å². The van der Waals surface area contributed by atoms with Gasteiger partial charge >= 0.3 is 6.03 Å². The van der Waals surface area contributed by atoms with Crippen LogP contribution in [0, 0.1) is 0 Å². The number of hydrogen-bond acceptors (Lipinski definition) is 4. The summed E-state index contributed by atoms with van der Waals surface area (Å²) in [5.74, 6) is 0.511. The van der Waals surface area contributed by atoms with Gasteiger partial charge in [0.05, 0.1) is 19.0 Å². The lowest BCUT2D eigenvalue weighted by Gasteiger charge is -2.18. The molecule has 0 aromatic carbocycles. The molecule has 0 aliphatic rings. The smallest absolute Gasteiger partial charge is 0.319 e. The fourth-order valence-corrected chi connectivity index (χ4v) is 1.77. The number of nitrogens with zero attached hydrogens (tertiary/aromatic N) is 2. The number of carbonyl (C=O) groups excluding carboxylic acids is 2. The number of anilines is 1. The summed E-state index contributed by atoms with van der Waals surface area (Å²) in [5.41, 5.74) is 0.559. The van der Waals surface area contributed by atoms with Crippen molar-refractivity contribution in [3.8, 4) is 5.88 Å². The lowest BCUT2D eigenvalue weighted by molar-refractivity contribution is -0.130. The maximum Gasteiger partial charge on any atom is 0.319 e. The van der Waals surface area contributed by atoms with Gasteiger partial charge in [0.2, 0.25) is 11.8 Å². The topological polar surface area (TPSA) is 83.6 Å². The number of hydrogen-bond donors (Lipinski definition) is 2. The highest BCUT2D eigenvalue weighted by Gasteiger charge is 2.09. The van der Waals surface area contributed by atoms with Crippen LogP contribution in [-0.4, -0.2) is 48.6 Å². The van der Waals surface area contributed by atoms with E-state index in [0.29, 0.717) is 31.2 Å². The number of methoxy groups -OCH3 is 1. The molecule has 2 N–H and O–H groups in total. The number of amides is 3. The first-order chi connectivity index (χ1) is 10.1. The van der Waals surface area contributed by atoms with Crippen molar-refractivity contribution in [2.75, 3.05) is 32.1 Å². The second-order valence-corrected chi connectivity index (χ2v) is 4.29. The molecule has 0 fully saturated rings. The Kier molecular flexibility index (Phi) is 7.00. The number of aromatic nitrogens is 1. The first-order valence-electron chi connectivity index (χ1n) is 6.93. The molecule has 0 saturated heterocycles. The van der Waals surface area contributed by atoms with Crippen molar-refractivity contribution < 1.29 is 14.3 Å². The number of rotatable bonds is 7. The second kappa shape index (κ2) is 8.78. The monoisotopic (exact) mass is 294 g/mol. The van der Waals surface area contributed by atoms with E-state index in [9.17, 15) is 9.59 Å². The number of urea groups is 1. The van der Waals surface area contributed by atoms with Crippen LogP contribution in [0.15, 0.2) is 18.3 Å². The molecule has 0 radical (unpaired) electrons. The van der Waals surface area contributed by atoms with Crippen molar-refractivity contribution in [1.29, 1.82) is 0 Å². The van der Waals surface area contributed by atoms with Crippen LogP contribution in [0.4, 0.5) is 10.5 Å². The van der Waals surface area contributed by atoms with E-state index in [1.54, 1.807) is 17.0 Å². The van der Waals surface area contributed by atoms with Crippen LogP contribution in [0.5, 0.6) is 5.88 Å². The van der Waals surface area contributed by atoms with Crippen LogP contribution < -0.4 is 15.4 Å². The molecule has 7 heteroatoms. The lowest BCUT2D eigenvalue weighted by atomic mass is 10.3. The predicted molar refractivity (Wildman–Crippen MR) is 80.4 cm³/mol. The van der Waals surface area contributed by atoms with Gasteiger partial charge < -0.3 is 20.3 Å². The van der Waals surface area contributed by atoms with Crippen LogP contribution in [0.3, 0.4) is 0 Å². The van der Waals surface area contributed by atoms with Crippen molar-refractivity contribution in [2.24, 2.45) is 0 Å². The minimum atomic E-state index is -0.366. The van der Waals surface area contributed by atoms with Gasteiger partial charge in [-0.25, -0.2) is 9.78 Å². The predicted octanol–water partition coefficient (Wildman–Crippen LogP) is 1.47. The van der Waals surface area contributed by atoms with E-state index < -0.39 is 0 Å². The zero-order chi connectivity index (χ0) is 15.7. The lowest BCUT2D eigenvalue weighted by Crippen LogP contribution is -2.35. The highest BCUT2D eigenvalue weighted by Crippen LogP contribution is 2.10. The van der Waals surface area contributed by atoms with E-state index in [2.05, 4.69) is 15.6 Å². The van der Waals surface area contributed by atoms with Crippen molar-refractivity contribution >= 4 is 17.6 Å². The Labute approximate surface area is 124 Å². The van der Waals surface area contributed by atoms with Crippen LogP contribution in [-0.2, 0) is 4.79 Å². The second-order valence-electron chi connectivity index (χ2n) is 4.29. The van der Waals surface area contributed by atoms with E-state index in [4.69, 9.17) is 4.74 Å². The average molecular weight is 294 g/mol. The van der Waals surface area contributed by atoms with Gasteiger partial charge in [0.15, 0.2) is 0 Å². The third kappa shape index (κ3) is 5.68. The zero-order valence-electron chi connectivity index (χ0n) is 12.7. The first kappa shape index (κ1) is 16.7. The van der Waals surface area contributed by atoms with Gasteiger partial charge in [0.1, 0.15) is 0 Å². The molecular weight excluding hydrogens is 272 g/mol. The minimum absolute atomic E-state index is 0.0337. The summed E-state index contributed by atoms with van der Waals surface area (Å²) < 4.78 is 4.93. The Morgan fingerprint density at radius 2 is 2.00 bits per heavy atom. The average Bonchev–Trinajstić information content (AvgIpc) is 2.49. The summed E-state index contributed by atoms with van der Waals surface area (Å²) in [4.78, 5) is 29.1. The maximum atomic E-state index is 11.7. The van der Waals surface area contributed by atoms with Gasteiger partial charge in [-0.05, 0) is 19.9 Å². The summed E-state index contributed by atoms with van der Waals surface area (Å²) in [6.07, 6.45) is 1.79. The molecule has 0 saturated carbocycles. The number of carbonyl (C=O) groups is 2. The molecule has 0 spiro atoms. The van der Waals surface area contributed by atoms with E-state index in [-0.39, 0.29) is 18.4 Å². The van der Waals surface area contributed by atoms with Crippen molar-refractivity contribution in [3.63, 3.8) is 0 Å². The quantitative estimate of drug-likeness (QED) is 0.797. The Morgan fingerprint density at radius 1 is 1.29 bits per heavy atom. The minimum Gasteiger partial charge on any atom is -0.481 e. The van der Waals surface area contributed by atoms with E-state index in [1.807, 2.05) is 13.8 Å². The molecule has 7 nitrogen and oxygen atoms in total. The van der Waals surface area contributed by atoms with Gasteiger partial charge in [-0.2, -0.15) is 0 Å². The zero-order valence-corrected chi connectivity index (χ0v) is 12.7. The van der Waals surface area contributed by atoms with Crippen LogP contribution in [0.2, 0.25) is 0 Å². The molecule has 0 aliphatic carbocycles. The highest BCUT2D eigenvalue weighted by atomic mass is 16.5. The Bertz CT molecular complexity index is 458. The van der Waals surface area contributed by atoms with E-state index >= 15 is 0 Å². The SMILES string of the molecule is CCN(CC)C(=O)CCNC(=O)Nc1ccc(OC)nc1. The first-order valence-corrected chi connectivity index (χ1v) is 6.93. The van der Waals surface area contributed by atoms with Crippen LogP contribution in [0.25, 0.3) is 0 Å². The maximum absolute atomic E-state index is 11.7. The fraction of sp³-hybridized carbons (Fsp3) is 0.500. The standard InChI is InChI=1S/C14H22N4O3/c1-4-18(5-2)13(19)8-9-15-14(20)17-11-6-7-12(21-3)16-10-11/h6-7,10H,4-5,8-9H2,1-3H3,(H2,15,17,20).